The smallest absolute Gasteiger partial charge is 0.341 e. The van der Waals surface area contributed by atoms with Gasteiger partial charge in [0.2, 0.25) is 5.43 Å². The van der Waals surface area contributed by atoms with E-state index in [-0.39, 0.29) is 35.2 Å². The van der Waals surface area contributed by atoms with Crippen LogP contribution in [0.5, 0.6) is 11.5 Å². The number of methoxy groups -OCH3 is 1. The van der Waals surface area contributed by atoms with Crippen LogP contribution in [0.2, 0.25) is 0 Å². The van der Waals surface area contributed by atoms with Crippen LogP contribution < -0.4 is 20.5 Å². The van der Waals surface area contributed by atoms with Gasteiger partial charge in [-0.1, -0.05) is 0 Å². The fourth-order valence-electron chi connectivity index (χ4n) is 4.76. The van der Waals surface area contributed by atoms with Gasteiger partial charge in [0, 0.05) is 43.8 Å². The van der Waals surface area contributed by atoms with Crippen molar-refractivity contribution in [3.8, 4) is 11.5 Å². The van der Waals surface area contributed by atoms with Crippen molar-refractivity contribution in [2.75, 3.05) is 44.7 Å². The van der Waals surface area contributed by atoms with Crippen LogP contribution in [0.3, 0.4) is 0 Å². The summed E-state index contributed by atoms with van der Waals surface area (Å²) in [6.45, 7) is 2.05. The molecule has 2 aromatic carbocycles. The van der Waals surface area contributed by atoms with E-state index in [2.05, 4.69) is 10.5 Å². The summed E-state index contributed by atoms with van der Waals surface area (Å²) in [5.41, 5.74) is 2.87. The van der Waals surface area contributed by atoms with Gasteiger partial charge < -0.3 is 24.4 Å². The summed E-state index contributed by atoms with van der Waals surface area (Å²) >= 11 is 0. The van der Waals surface area contributed by atoms with Gasteiger partial charge in [-0.3, -0.25) is 14.5 Å². The number of nitrogens with zero attached hydrogens (tertiary/aromatic N) is 4. The van der Waals surface area contributed by atoms with Crippen LogP contribution in [0.15, 0.2) is 46.4 Å². The molecule has 0 spiro atoms. The molecular formula is C27H28FN5O6. The molecule has 0 bridgehead atoms. The van der Waals surface area contributed by atoms with Crippen molar-refractivity contribution < 1.29 is 28.9 Å². The molecule has 1 saturated carbocycles. The fourth-order valence-corrected chi connectivity index (χ4v) is 4.76. The van der Waals surface area contributed by atoms with Gasteiger partial charge in [-0.15, -0.1) is 0 Å². The Bertz CT molecular complexity index is 1530. The number of hydrogen-bond donors (Lipinski definition) is 3. The Morgan fingerprint density at radius 2 is 1.92 bits per heavy atom. The van der Waals surface area contributed by atoms with Gasteiger partial charge >= 0.3 is 5.97 Å². The molecule has 0 atom stereocenters. The van der Waals surface area contributed by atoms with Crippen molar-refractivity contribution in [2.45, 2.75) is 18.9 Å². The number of halogens is 1. The van der Waals surface area contributed by atoms with Gasteiger partial charge in [-0.2, -0.15) is 5.10 Å². The summed E-state index contributed by atoms with van der Waals surface area (Å²) in [7, 11) is 1.45. The molecule has 3 N–H and O–H groups in total. The Morgan fingerprint density at radius 1 is 1.18 bits per heavy atom. The van der Waals surface area contributed by atoms with Gasteiger partial charge in [0.05, 0.1) is 31.1 Å². The minimum absolute atomic E-state index is 0.0330. The number of fused-ring (bicyclic) bond motifs is 1. The zero-order valence-electron chi connectivity index (χ0n) is 21.3. The summed E-state index contributed by atoms with van der Waals surface area (Å²) < 4.78 is 21.9. The predicted octanol–water partition coefficient (Wildman–Crippen LogP) is 2.16. The van der Waals surface area contributed by atoms with Gasteiger partial charge in [0.1, 0.15) is 11.4 Å². The first-order valence-electron chi connectivity index (χ1n) is 12.5. The lowest BCUT2D eigenvalue weighted by Crippen LogP contribution is -2.49. The molecule has 0 radical (unpaired) electrons. The zero-order valence-corrected chi connectivity index (χ0v) is 21.3. The minimum atomic E-state index is -1.33. The first-order valence-corrected chi connectivity index (χ1v) is 12.5. The molecule has 39 heavy (non-hydrogen) atoms. The quantitative estimate of drug-likeness (QED) is 0.294. The number of anilines is 1. The first kappa shape index (κ1) is 26.2. The highest BCUT2D eigenvalue weighted by Crippen LogP contribution is 2.38. The number of aromatic carboxylic acids is 1. The maximum absolute atomic E-state index is 15.2. The van der Waals surface area contributed by atoms with E-state index in [9.17, 15) is 24.6 Å². The topological polar surface area (TPSA) is 137 Å². The SMILES string of the molecule is COc1ccc(/C=N/NC(=O)CN2CCN(c3cc4c(cc3F)c(=O)c(C(=O)O)cn4C3CC3)CC2)cc1O. The molecule has 11 nitrogen and oxygen atoms in total. The summed E-state index contributed by atoms with van der Waals surface area (Å²) in [6.07, 6.45) is 4.52. The fraction of sp³-hybridized carbons (Fsp3) is 0.333. The normalized spacial score (nSPS) is 16.1. The highest BCUT2D eigenvalue weighted by molar-refractivity contribution is 5.93. The monoisotopic (exact) mass is 537 g/mol. The molecular weight excluding hydrogens is 509 g/mol. The highest BCUT2D eigenvalue weighted by atomic mass is 19.1. The lowest BCUT2D eigenvalue weighted by molar-refractivity contribution is -0.122. The number of aromatic nitrogens is 1. The molecule has 1 aromatic heterocycles. The maximum Gasteiger partial charge on any atom is 0.341 e. The molecule has 1 saturated heterocycles. The number of hydrazone groups is 1. The number of aromatic hydroxyl groups is 1. The van der Waals surface area contributed by atoms with Crippen molar-refractivity contribution in [3.05, 3.63) is 63.7 Å². The maximum atomic E-state index is 15.2. The largest absolute Gasteiger partial charge is 0.504 e. The first-order chi connectivity index (χ1) is 18.7. The predicted molar refractivity (Wildman–Crippen MR) is 142 cm³/mol. The standard InChI is InChI=1S/C27H28FN5O6/c1-39-24-5-2-16(10-23(24)34)13-29-30-25(35)15-31-6-8-32(9-7-31)22-12-21-18(11-20(22)28)26(36)19(27(37)38)14-33(21)17-3-4-17/h2,5,10-14,17,34H,3-4,6-9,15H2,1H3,(H,30,35)(H,37,38)/b29-13+. The second-order valence-corrected chi connectivity index (χ2v) is 9.62. The van der Waals surface area contributed by atoms with Crippen molar-refractivity contribution in [1.82, 2.24) is 14.9 Å². The number of carboxylic acids is 1. The zero-order chi connectivity index (χ0) is 27.7. The average molecular weight is 538 g/mol. The van der Waals surface area contributed by atoms with Crippen LogP contribution in [0.4, 0.5) is 10.1 Å². The Kier molecular flexibility index (Phi) is 7.20. The van der Waals surface area contributed by atoms with E-state index < -0.39 is 17.2 Å². The number of rotatable bonds is 8. The van der Waals surface area contributed by atoms with Crippen molar-refractivity contribution in [2.24, 2.45) is 5.10 Å². The van der Waals surface area contributed by atoms with Crippen LogP contribution >= 0.6 is 0 Å². The Labute approximate surface area is 222 Å². The highest BCUT2D eigenvalue weighted by Gasteiger charge is 2.28. The van der Waals surface area contributed by atoms with Crippen LogP contribution in [-0.2, 0) is 4.79 Å². The van der Waals surface area contributed by atoms with Crippen LogP contribution in [0, 0.1) is 5.82 Å². The Balaban J connectivity index is 1.22. The van der Waals surface area contributed by atoms with E-state index in [4.69, 9.17) is 4.74 Å². The van der Waals surface area contributed by atoms with E-state index >= 15 is 4.39 Å². The molecule has 1 aliphatic heterocycles. The number of nitrogens with one attached hydrogen (secondary N) is 1. The molecule has 1 amide bonds. The van der Waals surface area contributed by atoms with E-state index in [0.717, 1.165) is 18.9 Å². The molecule has 0 unspecified atom stereocenters. The number of carbonyl (C=O) groups is 2. The number of benzene rings is 2. The number of phenolic OH excluding ortho intramolecular Hbond substituents is 1. The number of piperazine rings is 1. The lowest BCUT2D eigenvalue weighted by atomic mass is 10.1. The lowest BCUT2D eigenvalue weighted by Gasteiger charge is -2.36. The number of carbonyl (C=O) groups excluding carboxylic acids is 1. The van der Waals surface area contributed by atoms with E-state index in [0.29, 0.717) is 48.7 Å². The summed E-state index contributed by atoms with van der Waals surface area (Å²) in [5, 5.41) is 23.2. The van der Waals surface area contributed by atoms with Crippen LogP contribution in [0.1, 0.15) is 34.8 Å². The summed E-state index contributed by atoms with van der Waals surface area (Å²) in [5.74, 6) is -1.92. The van der Waals surface area contributed by atoms with E-state index in [1.165, 1.54) is 25.6 Å². The van der Waals surface area contributed by atoms with Gasteiger partial charge in [0.25, 0.3) is 5.91 Å². The van der Waals surface area contributed by atoms with E-state index in [1.807, 2.05) is 9.80 Å². The average Bonchev–Trinajstić information content (AvgIpc) is 3.75. The van der Waals surface area contributed by atoms with Gasteiger partial charge in [0.15, 0.2) is 11.5 Å². The third kappa shape index (κ3) is 5.55. The third-order valence-electron chi connectivity index (χ3n) is 6.96. The Hall–Kier alpha value is -4.45. The number of hydrogen-bond acceptors (Lipinski definition) is 8. The second kappa shape index (κ2) is 10.7. The molecule has 204 valence electrons. The number of ether oxygens (including phenoxy) is 1. The molecule has 5 rings (SSSR count). The number of pyridine rings is 1. The van der Waals surface area contributed by atoms with Gasteiger partial charge in [-0.05, 0) is 48.7 Å². The Morgan fingerprint density at radius 3 is 2.56 bits per heavy atom. The number of carboxylic acid groups (broad SMARTS) is 1. The summed E-state index contributed by atoms with van der Waals surface area (Å²) in [4.78, 5) is 40.4. The van der Waals surface area contributed by atoms with Crippen molar-refractivity contribution in [3.63, 3.8) is 0 Å². The third-order valence-corrected chi connectivity index (χ3v) is 6.96. The van der Waals surface area contributed by atoms with Crippen LogP contribution in [-0.4, -0.2) is 77.6 Å². The van der Waals surface area contributed by atoms with Crippen LogP contribution in [0.25, 0.3) is 10.9 Å². The van der Waals surface area contributed by atoms with Gasteiger partial charge in [-0.25, -0.2) is 14.6 Å². The molecule has 3 aromatic rings. The van der Waals surface area contributed by atoms with Crippen molar-refractivity contribution >= 4 is 34.7 Å². The van der Waals surface area contributed by atoms with Crippen molar-refractivity contribution in [1.29, 1.82) is 0 Å². The minimum Gasteiger partial charge on any atom is -0.504 e. The second-order valence-electron chi connectivity index (χ2n) is 9.62. The molecule has 2 heterocycles. The summed E-state index contributed by atoms with van der Waals surface area (Å²) in [6, 6.07) is 7.61. The molecule has 12 heteroatoms. The van der Waals surface area contributed by atoms with E-state index in [1.54, 1.807) is 22.8 Å². The molecule has 2 fully saturated rings. The number of phenols is 1. The number of amides is 1. The molecule has 1 aliphatic carbocycles. The molecule has 2 aliphatic rings.